The van der Waals surface area contributed by atoms with Gasteiger partial charge in [0.1, 0.15) is 0 Å². The van der Waals surface area contributed by atoms with Gasteiger partial charge in [0.2, 0.25) is 10.0 Å². The molecule has 2 unspecified atom stereocenters. The predicted molar refractivity (Wildman–Crippen MR) is 119 cm³/mol. The summed E-state index contributed by atoms with van der Waals surface area (Å²) in [6.07, 6.45) is 5.31. The van der Waals surface area contributed by atoms with Crippen LogP contribution in [0.1, 0.15) is 54.4 Å². The highest BCUT2D eigenvalue weighted by molar-refractivity contribution is 7.89. The Morgan fingerprint density at radius 3 is 2.55 bits per heavy atom. The molecule has 156 valence electrons. The van der Waals surface area contributed by atoms with E-state index in [-0.39, 0.29) is 5.75 Å². The molecule has 29 heavy (non-hydrogen) atoms. The van der Waals surface area contributed by atoms with Crippen molar-refractivity contribution in [3.05, 3.63) is 70.8 Å². The van der Waals surface area contributed by atoms with Crippen LogP contribution in [0.25, 0.3) is 0 Å². The number of rotatable bonds is 8. The van der Waals surface area contributed by atoms with Gasteiger partial charge >= 0.3 is 0 Å². The van der Waals surface area contributed by atoms with E-state index in [2.05, 4.69) is 58.2 Å². The monoisotopic (exact) mass is 412 g/mol. The SMILES string of the molecule is CCCS(=O)(=O)NCc1ccc2c(c1)C(Cc1ccccc1)C(N1CCC1)CC2. The molecule has 1 saturated heterocycles. The van der Waals surface area contributed by atoms with Gasteiger partial charge in [-0.2, -0.15) is 0 Å². The molecule has 5 heteroatoms. The maximum atomic E-state index is 12.1. The highest BCUT2D eigenvalue weighted by atomic mass is 32.2. The summed E-state index contributed by atoms with van der Waals surface area (Å²) >= 11 is 0. The Kier molecular flexibility index (Phi) is 6.38. The van der Waals surface area contributed by atoms with Crippen molar-refractivity contribution in [1.82, 2.24) is 9.62 Å². The standard InChI is InChI=1S/C24H32N2O2S/c1-2-15-29(27,28)25-18-20-9-10-21-11-12-24(26-13-6-14-26)23(22(21)17-20)16-19-7-4-3-5-8-19/h3-5,7-10,17,23-25H,2,6,11-16,18H2,1H3. The average molecular weight is 413 g/mol. The number of benzene rings is 2. The van der Waals surface area contributed by atoms with Gasteiger partial charge < -0.3 is 0 Å². The van der Waals surface area contributed by atoms with Crippen LogP contribution in [0.4, 0.5) is 0 Å². The lowest BCUT2D eigenvalue weighted by molar-refractivity contribution is 0.0877. The number of aryl methyl sites for hydroxylation is 1. The molecule has 4 rings (SSSR count). The summed E-state index contributed by atoms with van der Waals surface area (Å²) in [5, 5.41) is 0. The fourth-order valence-electron chi connectivity index (χ4n) is 4.80. The first kappa shape index (κ1) is 20.6. The van der Waals surface area contributed by atoms with Gasteiger partial charge in [0, 0.05) is 18.5 Å². The molecular weight excluding hydrogens is 380 g/mol. The summed E-state index contributed by atoms with van der Waals surface area (Å²) in [6, 6.07) is 17.9. The lowest BCUT2D eigenvalue weighted by Gasteiger charge is -2.45. The molecule has 0 saturated carbocycles. The highest BCUT2D eigenvalue weighted by Crippen LogP contribution is 2.39. The van der Waals surface area contributed by atoms with Crippen molar-refractivity contribution in [2.24, 2.45) is 0 Å². The minimum Gasteiger partial charge on any atom is -0.300 e. The van der Waals surface area contributed by atoms with Gasteiger partial charge in [0.15, 0.2) is 0 Å². The molecule has 1 aliphatic carbocycles. The number of fused-ring (bicyclic) bond motifs is 1. The topological polar surface area (TPSA) is 49.4 Å². The van der Waals surface area contributed by atoms with Crippen LogP contribution in [-0.4, -0.2) is 38.2 Å². The van der Waals surface area contributed by atoms with Crippen molar-refractivity contribution in [1.29, 1.82) is 0 Å². The van der Waals surface area contributed by atoms with E-state index in [1.165, 1.54) is 42.6 Å². The molecule has 1 N–H and O–H groups in total. The number of likely N-dealkylation sites (tertiary alicyclic amines) is 1. The molecule has 0 aromatic heterocycles. The van der Waals surface area contributed by atoms with E-state index in [4.69, 9.17) is 0 Å². The van der Waals surface area contributed by atoms with Crippen LogP contribution in [0.5, 0.6) is 0 Å². The Hall–Kier alpha value is -1.69. The Balaban J connectivity index is 1.59. The van der Waals surface area contributed by atoms with Gasteiger partial charge in [0.05, 0.1) is 5.75 Å². The van der Waals surface area contributed by atoms with Gasteiger partial charge in [-0.15, -0.1) is 0 Å². The first-order valence-electron chi connectivity index (χ1n) is 10.9. The second-order valence-corrected chi connectivity index (χ2v) is 10.4. The Bertz CT molecular complexity index is 923. The maximum absolute atomic E-state index is 12.1. The number of hydrogen-bond acceptors (Lipinski definition) is 3. The summed E-state index contributed by atoms with van der Waals surface area (Å²) in [4.78, 5) is 2.65. The van der Waals surface area contributed by atoms with Crippen molar-refractivity contribution in [2.45, 2.75) is 57.5 Å². The third kappa shape index (κ3) is 4.90. The predicted octanol–water partition coefficient (Wildman–Crippen LogP) is 3.86. The zero-order chi connectivity index (χ0) is 20.3. The van der Waals surface area contributed by atoms with Gasteiger partial charge in [-0.3, -0.25) is 4.90 Å². The second kappa shape index (κ2) is 8.99. The summed E-state index contributed by atoms with van der Waals surface area (Å²) < 4.78 is 26.9. The van der Waals surface area contributed by atoms with Gasteiger partial charge in [-0.25, -0.2) is 13.1 Å². The lowest BCUT2D eigenvalue weighted by atomic mass is 9.74. The van der Waals surface area contributed by atoms with Crippen LogP contribution in [0.15, 0.2) is 48.5 Å². The number of nitrogens with one attached hydrogen (secondary N) is 1. The smallest absolute Gasteiger partial charge is 0.211 e. The van der Waals surface area contributed by atoms with E-state index in [9.17, 15) is 8.42 Å². The van der Waals surface area contributed by atoms with Crippen LogP contribution in [0.3, 0.4) is 0 Å². The average Bonchev–Trinajstić information content (AvgIpc) is 2.67. The molecular formula is C24H32N2O2S. The maximum Gasteiger partial charge on any atom is 0.211 e. The summed E-state index contributed by atoms with van der Waals surface area (Å²) in [5.74, 6) is 0.652. The minimum absolute atomic E-state index is 0.186. The Labute approximate surface area is 175 Å². The van der Waals surface area contributed by atoms with E-state index in [0.717, 1.165) is 18.4 Å². The molecule has 0 radical (unpaired) electrons. The quantitative estimate of drug-likeness (QED) is 0.716. The number of nitrogens with zero attached hydrogens (tertiary/aromatic N) is 1. The minimum atomic E-state index is -3.19. The molecule has 0 amide bonds. The zero-order valence-corrected chi connectivity index (χ0v) is 18.1. The van der Waals surface area contributed by atoms with E-state index >= 15 is 0 Å². The lowest BCUT2D eigenvalue weighted by Crippen LogP contribution is -2.49. The van der Waals surface area contributed by atoms with Crippen LogP contribution in [0.2, 0.25) is 0 Å². The highest BCUT2D eigenvalue weighted by Gasteiger charge is 2.35. The van der Waals surface area contributed by atoms with Gasteiger partial charge in [-0.05, 0) is 67.4 Å². The van der Waals surface area contributed by atoms with E-state index in [0.29, 0.717) is 24.9 Å². The fraction of sp³-hybridized carbons (Fsp3) is 0.500. The number of sulfonamides is 1. The summed E-state index contributed by atoms with van der Waals surface area (Å²) in [5.41, 5.74) is 5.29. The third-order valence-corrected chi connectivity index (χ3v) is 7.94. The molecule has 2 atom stereocenters. The molecule has 2 aromatic rings. The Morgan fingerprint density at radius 2 is 1.86 bits per heavy atom. The first-order valence-corrected chi connectivity index (χ1v) is 12.6. The fourth-order valence-corrected chi connectivity index (χ4v) is 5.87. The van der Waals surface area contributed by atoms with Crippen LogP contribution in [-0.2, 0) is 29.4 Å². The Morgan fingerprint density at radius 1 is 1.07 bits per heavy atom. The van der Waals surface area contributed by atoms with Crippen molar-refractivity contribution in [2.75, 3.05) is 18.8 Å². The molecule has 0 spiro atoms. The third-order valence-electron chi connectivity index (χ3n) is 6.41. The normalized spacial score (nSPS) is 22.1. The van der Waals surface area contributed by atoms with Crippen molar-refractivity contribution < 1.29 is 8.42 Å². The van der Waals surface area contributed by atoms with E-state index in [1.54, 1.807) is 0 Å². The zero-order valence-electron chi connectivity index (χ0n) is 17.3. The summed E-state index contributed by atoms with van der Waals surface area (Å²) in [7, 11) is -3.19. The molecule has 4 nitrogen and oxygen atoms in total. The van der Waals surface area contributed by atoms with Crippen molar-refractivity contribution >= 4 is 10.0 Å². The second-order valence-electron chi connectivity index (χ2n) is 8.46. The van der Waals surface area contributed by atoms with Crippen LogP contribution in [0, 0.1) is 0 Å². The molecule has 1 fully saturated rings. The van der Waals surface area contributed by atoms with Gasteiger partial charge in [-0.1, -0.05) is 55.5 Å². The van der Waals surface area contributed by atoms with E-state index in [1.807, 2.05) is 6.92 Å². The number of hydrogen-bond donors (Lipinski definition) is 1. The molecule has 2 aromatic carbocycles. The van der Waals surface area contributed by atoms with Crippen LogP contribution < -0.4 is 4.72 Å². The van der Waals surface area contributed by atoms with E-state index < -0.39 is 10.0 Å². The molecule has 1 heterocycles. The largest absolute Gasteiger partial charge is 0.300 e. The van der Waals surface area contributed by atoms with Crippen molar-refractivity contribution in [3.63, 3.8) is 0 Å². The van der Waals surface area contributed by atoms with Crippen molar-refractivity contribution in [3.8, 4) is 0 Å². The van der Waals surface area contributed by atoms with Gasteiger partial charge in [0.25, 0.3) is 0 Å². The molecule has 0 bridgehead atoms. The molecule has 1 aliphatic heterocycles. The van der Waals surface area contributed by atoms with Crippen LogP contribution >= 0.6 is 0 Å². The summed E-state index contributed by atoms with van der Waals surface area (Å²) in [6.45, 7) is 4.69. The molecule has 2 aliphatic rings. The first-order chi connectivity index (χ1) is 14.1.